The maximum Gasteiger partial charge on any atom is 0.222 e. The maximum absolute atomic E-state index is 12.7. The van der Waals surface area contributed by atoms with Gasteiger partial charge in [0.2, 0.25) is 5.91 Å². The first-order chi connectivity index (χ1) is 13.8. The molecule has 4 rings (SSSR count). The Morgan fingerprint density at radius 3 is 2.62 bits per heavy atom. The third-order valence-corrected chi connectivity index (χ3v) is 5.77. The molecule has 0 aliphatic heterocycles. The average Bonchev–Trinajstić information content (AvgIpc) is 3.26. The smallest absolute Gasteiger partial charge is 0.222 e. The molecule has 1 atom stereocenters. The first-order valence-corrected chi connectivity index (χ1v) is 10.2. The van der Waals surface area contributed by atoms with Crippen LogP contribution in [0.4, 0.5) is 0 Å². The summed E-state index contributed by atoms with van der Waals surface area (Å²) < 4.78 is 3.90. The van der Waals surface area contributed by atoms with Gasteiger partial charge in [0.05, 0.1) is 23.6 Å². The second-order valence-corrected chi connectivity index (χ2v) is 8.90. The van der Waals surface area contributed by atoms with Crippen LogP contribution < -0.4 is 5.32 Å². The third kappa shape index (κ3) is 4.11. The Morgan fingerprint density at radius 1 is 1.17 bits per heavy atom. The zero-order valence-corrected chi connectivity index (χ0v) is 17.6. The van der Waals surface area contributed by atoms with Crippen molar-refractivity contribution in [2.45, 2.75) is 59.5 Å². The van der Waals surface area contributed by atoms with Crippen LogP contribution >= 0.6 is 0 Å². The lowest BCUT2D eigenvalue weighted by Crippen LogP contribution is -2.37. The molecule has 1 aliphatic carbocycles. The molecule has 152 valence electrons. The van der Waals surface area contributed by atoms with Crippen molar-refractivity contribution in [2.75, 3.05) is 0 Å². The minimum atomic E-state index is -0.0147. The summed E-state index contributed by atoms with van der Waals surface area (Å²) in [5.74, 6) is 0.0524. The SMILES string of the molecule is Cc1ccc(-n2ncc3c2CC(C)(C)CC3NC(=O)CCn2nccc2C)cc1. The number of benzene rings is 1. The second kappa shape index (κ2) is 7.50. The highest BCUT2D eigenvalue weighted by Crippen LogP contribution is 2.41. The molecule has 2 heterocycles. The van der Waals surface area contributed by atoms with Crippen molar-refractivity contribution >= 4 is 5.91 Å². The lowest BCUT2D eigenvalue weighted by atomic mass is 9.74. The molecular weight excluding hydrogens is 362 g/mol. The van der Waals surface area contributed by atoms with Crippen molar-refractivity contribution in [3.63, 3.8) is 0 Å². The van der Waals surface area contributed by atoms with Crippen LogP contribution in [0.3, 0.4) is 0 Å². The van der Waals surface area contributed by atoms with E-state index < -0.39 is 0 Å². The van der Waals surface area contributed by atoms with Gasteiger partial charge in [0.1, 0.15) is 0 Å². The van der Waals surface area contributed by atoms with E-state index >= 15 is 0 Å². The Morgan fingerprint density at radius 2 is 1.93 bits per heavy atom. The van der Waals surface area contributed by atoms with Crippen LogP contribution in [0.1, 0.15) is 55.2 Å². The zero-order valence-electron chi connectivity index (χ0n) is 17.6. The number of aryl methyl sites for hydroxylation is 3. The summed E-state index contributed by atoms with van der Waals surface area (Å²) in [6, 6.07) is 10.3. The van der Waals surface area contributed by atoms with E-state index in [-0.39, 0.29) is 17.4 Å². The van der Waals surface area contributed by atoms with E-state index in [1.807, 2.05) is 28.6 Å². The molecule has 0 bridgehead atoms. The molecule has 0 radical (unpaired) electrons. The molecule has 29 heavy (non-hydrogen) atoms. The Bertz CT molecular complexity index is 1010. The fraction of sp³-hybridized carbons (Fsp3) is 0.435. The fourth-order valence-electron chi connectivity index (χ4n) is 4.19. The Balaban J connectivity index is 1.54. The number of carbonyl (C=O) groups excluding carboxylic acids is 1. The molecule has 0 saturated heterocycles. The maximum atomic E-state index is 12.7. The van der Waals surface area contributed by atoms with Gasteiger partial charge >= 0.3 is 0 Å². The number of aromatic nitrogens is 4. The van der Waals surface area contributed by atoms with Crippen molar-refractivity contribution in [3.05, 3.63) is 65.2 Å². The van der Waals surface area contributed by atoms with Crippen molar-refractivity contribution in [1.82, 2.24) is 24.9 Å². The largest absolute Gasteiger partial charge is 0.349 e. The quantitative estimate of drug-likeness (QED) is 0.717. The van der Waals surface area contributed by atoms with E-state index in [1.54, 1.807) is 6.20 Å². The van der Waals surface area contributed by atoms with Gasteiger partial charge in [-0.15, -0.1) is 0 Å². The minimum Gasteiger partial charge on any atom is -0.349 e. The van der Waals surface area contributed by atoms with Gasteiger partial charge in [-0.2, -0.15) is 10.2 Å². The summed E-state index contributed by atoms with van der Waals surface area (Å²) in [7, 11) is 0. The van der Waals surface area contributed by atoms with Crippen molar-refractivity contribution in [1.29, 1.82) is 0 Å². The number of rotatable bonds is 5. The summed E-state index contributed by atoms with van der Waals surface area (Å²) in [5.41, 5.74) is 5.78. The van der Waals surface area contributed by atoms with Crippen LogP contribution in [0.5, 0.6) is 0 Å². The van der Waals surface area contributed by atoms with Crippen molar-refractivity contribution in [2.24, 2.45) is 5.41 Å². The van der Waals surface area contributed by atoms with Crippen LogP contribution in [0.2, 0.25) is 0 Å². The predicted molar refractivity (Wildman–Crippen MR) is 113 cm³/mol. The summed E-state index contributed by atoms with van der Waals surface area (Å²) in [5, 5.41) is 12.2. The molecule has 1 aromatic carbocycles. The first-order valence-electron chi connectivity index (χ1n) is 10.2. The molecule has 1 amide bonds. The molecule has 6 heteroatoms. The lowest BCUT2D eigenvalue weighted by Gasteiger charge is -2.36. The number of nitrogens with zero attached hydrogens (tertiary/aromatic N) is 4. The van der Waals surface area contributed by atoms with E-state index in [0.29, 0.717) is 13.0 Å². The molecule has 1 unspecified atom stereocenters. The second-order valence-electron chi connectivity index (χ2n) is 8.90. The first kappa shape index (κ1) is 19.4. The zero-order chi connectivity index (χ0) is 20.6. The van der Waals surface area contributed by atoms with Crippen LogP contribution in [0, 0.1) is 19.3 Å². The molecule has 3 aromatic rings. The third-order valence-electron chi connectivity index (χ3n) is 5.77. The Hall–Kier alpha value is -2.89. The van der Waals surface area contributed by atoms with Gasteiger partial charge in [0, 0.05) is 30.4 Å². The number of carbonyl (C=O) groups is 1. The van der Waals surface area contributed by atoms with Crippen LogP contribution in [0.15, 0.2) is 42.7 Å². The van der Waals surface area contributed by atoms with Gasteiger partial charge < -0.3 is 5.32 Å². The van der Waals surface area contributed by atoms with Gasteiger partial charge in [-0.25, -0.2) is 4.68 Å². The molecular formula is C23H29N5O. The predicted octanol–water partition coefficient (Wildman–Crippen LogP) is 3.91. The van der Waals surface area contributed by atoms with Crippen molar-refractivity contribution in [3.8, 4) is 5.69 Å². The highest BCUT2D eigenvalue weighted by molar-refractivity contribution is 5.76. The summed E-state index contributed by atoms with van der Waals surface area (Å²) in [6.07, 6.45) is 5.96. The Kier molecular flexibility index (Phi) is 5.03. The number of amides is 1. The molecule has 6 nitrogen and oxygen atoms in total. The summed E-state index contributed by atoms with van der Waals surface area (Å²) in [4.78, 5) is 12.7. The van der Waals surface area contributed by atoms with Crippen LogP contribution in [-0.4, -0.2) is 25.5 Å². The fourth-order valence-corrected chi connectivity index (χ4v) is 4.19. The number of hydrogen-bond donors (Lipinski definition) is 1. The number of nitrogens with one attached hydrogen (secondary N) is 1. The van der Waals surface area contributed by atoms with Gasteiger partial charge in [0.25, 0.3) is 0 Å². The molecule has 0 spiro atoms. The van der Waals surface area contributed by atoms with Crippen LogP contribution in [-0.2, 0) is 17.8 Å². The lowest BCUT2D eigenvalue weighted by molar-refractivity contribution is -0.122. The highest BCUT2D eigenvalue weighted by atomic mass is 16.1. The summed E-state index contributed by atoms with van der Waals surface area (Å²) >= 11 is 0. The Labute approximate surface area is 171 Å². The van der Waals surface area contributed by atoms with Gasteiger partial charge in [0.15, 0.2) is 0 Å². The molecule has 0 saturated carbocycles. The van der Waals surface area contributed by atoms with E-state index in [1.165, 1.54) is 11.3 Å². The van der Waals surface area contributed by atoms with E-state index in [9.17, 15) is 4.79 Å². The van der Waals surface area contributed by atoms with E-state index in [2.05, 4.69) is 60.6 Å². The van der Waals surface area contributed by atoms with E-state index in [0.717, 1.165) is 29.8 Å². The molecule has 1 aliphatic rings. The van der Waals surface area contributed by atoms with Gasteiger partial charge in [-0.3, -0.25) is 9.48 Å². The topological polar surface area (TPSA) is 64.7 Å². The normalized spacial score (nSPS) is 17.7. The molecule has 0 fully saturated rings. The molecule has 2 aromatic heterocycles. The highest BCUT2D eigenvalue weighted by Gasteiger charge is 2.35. The van der Waals surface area contributed by atoms with E-state index in [4.69, 9.17) is 0 Å². The monoisotopic (exact) mass is 391 g/mol. The van der Waals surface area contributed by atoms with Gasteiger partial charge in [-0.05, 0) is 50.3 Å². The average molecular weight is 392 g/mol. The standard InChI is InChI=1S/C23H29N5O/c1-16-5-7-18(8-6-16)28-21-14-23(3,4)13-20(19(21)15-25-28)26-22(29)10-12-27-17(2)9-11-24-27/h5-9,11,15,20H,10,12-14H2,1-4H3,(H,26,29). The van der Waals surface area contributed by atoms with Gasteiger partial charge in [-0.1, -0.05) is 31.5 Å². The number of fused-ring (bicyclic) bond motifs is 1. The summed E-state index contributed by atoms with van der Waals surface area (Å²) in [6.45, 7) is 9.20. The van der Waals surface area contributed by atoms with Crippen molar-refractivity contribution < 1.29 is 4.79 Å². The molecule has 1 N–H and O–H groups in total. The minimum absolute atomic E-state index is 0.0147. The number of hydrogen-bond acceptors (Lipinski definition) is 3. The van der Waals surface area contributed by atoms with Crippen LogP contribution in [0.25, 0.3) is 5.69 Å².